The number of hydrogen-bond acceptors (Lipinski definition) is 4. The first-order chi connectivity index (χ1) is 10.1. The van der Waals surface area contributed by atoms with E-state index in [2.05, 4.69) is 22.1 Å². The van der Waals surface area contributed by atoms with Crippen LogP contribution in [0.15, 0.2) is 18.3 Å². The molecule has 1 aliphatic rings. The molecular weight excluding hydrogens is 264 g/mol. The highest BCUT2D eigenvalue weighted by atomic mass is 16.2. The topological polar surface area (TPSA) is 48.5 Å². The molecule has 0 aromatic carbocycles. The third-order valence-electron chi connectivity index (χ3n) is 3.96. The third-order valence-corrected chi connectivity index (χ3v) is 3.96. The summed E-state index contributed by atoms with van der Waals surface area (Å²) in [7, 11) is 3.51. The molecule has 116 valence electrons. The number of rotatable bonds is 5. The van der Waals surface area contributed by atoms with Crippen LogP contribution in [0.3, 0.4) is 0 Å². The molecule has 5 nitrogen and oxygen atoms in total. The van der Waals surface area contributed by atoms with Crippen molar-refractivity contribution in [3.05, 3.63) is 24.0 Å². The van der Waals surface area contributed by atoms with Gasteiger partial charge in [-0.3, -0.25) is 9.78 Å². The van der Waals surface area contributed by atoms with E-state index >= 15 is 0 Å². The Kier molecular flexibility index (Phi) is 5.56. The highest BCUT2D eigenvalue weighted by Crippen LogP contribution is 2.25. The van der Waals surface area contributed by atoms with Crippen LogP contribution in [-0.2, 0) is 0 Å². The smallest absolute Gasteiger partial charge is 0.272 e. The van der Waals surface area contributed by atoms with Crippen molar-refractivity contribution in [3.8, 4) is 0 Å². The molecule has 1 unspecified atom stereocenters. The van der Waals surface area contributed by atoms with Crippen molar-refractivity contribution < 1.29 is 4.79 Å². The molecule has 1 saturated heterocycles. The summed E-state index contributed by atoms with van der Waals surface area (Å²) in [6.45, 7) is 5.17. The van der Waals surface area contributed by atoms with Crippen LogP contribution in [0, 0.1) is 0 Å². The van der Waals surface area contributed by atoms with Crippen molar-refractivity contribution in [2.45, 2.75) is 32.2 Å². The maximum atomic E-state index is 12.1. The highest BCUT2D eigenvalue weighted by molar-refractivity contribution is 5.92. The van der Waals surface area contributed by atoms with Gasteiger partial charge < -0.3 is 15.1 Å². The molecule has 1 fully saturated rings. The van der Waals surface area contributed by atoms with E-state index in [0.29, 0.717) is 11.7 Å². The van der Waals surface area contributed by atoms with Gasteiger partial charge in [0.15, 0.2) is 0 Å². The van der Waals surface area contributed by atoms with E-state index in [1.807, 2.05) is 12.1 Å². The van der Waals surface area contributed by atoms with Crippen LogP contribution < -0.4 is 10.2 Å². The number of carbonyl (C=O) groups is 1. The van der Waals surface area contributed by atoms with E-state index in [1.54, 1.807) is 25.2 Å². The van der Waals surface area contributed by atoms with Crippen LogP contribution in [0.2, 0.25) is 0 Å². The summed E-state index contributed by atoms with van der Waals surface area (Å²) in [5.74, 6) is -0.0444. The third kappa shape index (κ3) is 3.94. The fourth-order valence-electron chi connectivity index (χ4n) is 2.81. The van der Waals surface area contributed by atoms with Crippen molar-refractivity contribution in [1.29, 1.82) is 0 Å². The number of hydrogen-bond donors (Lipinski definition) is 1. The molecule has 0 aliphatic carbocycles. The summed E-state index contributed by atoms with van der Waals surface area (Å²) in [4.78, 5) is 20.3. The number of amides is 1. The summed E-state index contributed by atoms with van der Waals surface area (Å²) in [5, 5.41) is 3.44. The van der Waals surface area contributed by atoms with Crippen LogP contribution in [0.4, 0.5) is 5.69 Å². The molecule has 0 saturated carbocycles. The van der Waals surface area contributed by atoms with Crippen molar-refractivity contribution in [3.63, 3.8) is 0 Å². The number of nitrogens with one attached hydrogen (secondary N) is 1. The Morgan fingerprint density at radius 1 is 1.48 bits per heavy atom. The van der Waals surface area contributed by atoms with Gasteiger partial charge in [0, 0.05) is 45.1 Å². The first-order valence-corrected chi connectivity index (χ1v) is 7.78. The molecule has 5 heteroatoms. The van der Waals surface area contributed by atoms with Crippen LogP contribution >= 0.6 is 0 Å². The Morgan fingerprint density at radius 2 is 2.29 bits per heavy atom. The lowest BCUT2D eigenvalue weighted by Crippen LogP contribution is -2.45. The Morgan fingerprint density at radius 3 is 3.00 bits per heavy atom. The molecular formula is C16H26N4O. The molecule has 1 aromatic heterocycles. The molecule has 0 radical (unpaired) electrons. The van der Waals surface area contributed by atoms with Gasteiger partial charge in [0.25, 0.3) is 5.91 Å². The lowest BCUT2D eigenvalue weighted by atomic mass is 10.0. The van der Waals surface area contributed by atoms with Crippen LogP contribution in [0.25, 0.3) is 0 Å². The lowest BCUT2D eigenvalue weighted by molar-refractivity contribution is 0.0822. The van der Waals surface area contributed by atoms with E-state index in [-0.39, 0.29) is 5.91 Å². The van der Waals surface area contributed by atoms with Crippen LogP contribution in [0.1, 0.15) is 36.7 Å². The fraction of sp³-hybridized carbons (Fsp3) is 0.625. The minimum absolute atomic E-state index is 0.0444. The van der Waals surface area contributed by atoms with E-state index in [9.17, 15) is 4.79 Å². The Labute approximate surface area is 127 Å². The van der Waals surface area contributed by atoms with Gasteiger partial charge in [0.2, 0.25) is 0 Å². The van der Waals surface area contributed by atoms with Gasteiger partial charge in [0.05, 0.1) is 0 Å². The minimum Gasteiger partial charge on any atom is -0.367 e. The van der Waals surface area contributed by atoms with Gasteiger partial charge in [-0.05, 0) is 37.9 Å². The maximum Gasteiger partial charge on any atom is 0.272 e. The summed E-state index contributed by atoms with van der Waals surface area (Å²) in [6.07, 6.45) is 5.43. The number of piperidine rings is 1. The summed E-state index contributed by atoms with van der Waals surface area (Å²) in [5.41, 5.74) is 1.63. The molecule has 1 amide bonds. The minimum atomic E-state index is -0.0444. The molecule has 0 spiro atoms. The SMILES string of the molecule is CCNCC1CCCCN1c1ccnc(C(=O)N(C)C)c1. The maximum absolute atomic E-state index is 12.1. The number of aromatic nitrogens is 1. The molecule has 1 aliphatic heterocycles. The number of anilines is 1. The number of carbonyl (C=O) groups excluding carboxylic acids is 1. The zero-order valence-electron chi connectivity index (χ0n) is 13.3. The van der Waals surface area contributed by atoms with Crippen molar-refractivity contribution >= 4 is 11.6 Å². The van der Waals surface area contributed by atoms with E-state index < -0.39 is 0 Å². The molecule has 1 atom stereocenters. The van der Waals surface area contributed by atoms with E-state index in [1.165, 1.54) is 19.3 Å². The number of likely N-dealkylation sites (N-methyl/N-ethyl adjacent to an activating group) is 1. The molecule has 0 bridgehead atoms. The predicted octanol–water partition coefficient (Wildman–Crippen LogP) is 1.75. The van der Waals surface area contributed by atoms with Gasteiger partial charge in [0.1, 0.15) is 5.69 Å². The van der Waals surface area contributed by atoms with Crippen LogP contribution in [-0.4, -0.2) is 55.6 Å². The second-order valence-corrected chi connectivity index (χ2v) is 5.75. The Hall–Kier alpha value is -1.62. The first-order valence-electron chi connectivity index (χ1n) is 7.78. The molecule has 1 N–H and O–H groups in total. The zero-order chi connectivity index (χ0) is 15.2. The van der Waals surface area contributed by atoms with Crippen molar-refractivity contribution in [2.75, 3.05) is 38.6 Å². The quantitative estimate of drug-likeness (QED) is 0.897. The largest absolute Gasteiger partial charge is 0.367 e. The second kappa shape index (κ2) is 7.41. The Bertz CT molecular complexity index is 475. The zero-order valence-corrected chi connectivity index (χ0v) is 13.3. The normalized spacial score (nSPS) is 18.6. The summed E-state index contributed by atoms with van der Waals surface area (Å²) >= 11 is 0. The second-order valence-electron chi connectivity index (χ2n) is 5.75. The number of nitrogens with zero attached hydrogens (tertiary/aromatic N) is 3. The van der Waals surface area contributed by atoms with E-state index in [4.69, 9.17) is 0 Å². The number of pyridine rings is 1. The van der Waals surface area contributed by atoms with Crippen molar-refractivity contribution in [2.24, 2.45) is 0 Å². The van der Waals surface area contributed by atoms with Gasteiger partial charge in [-0.25, -0.2) is 0 Å². The van der Waals surface area contributed by atoms with E-state index in [0.717, 1.165) is 25.3 Å². The Balaban J connectivity index is 2.18. The lowest BCUT2D eigenvalue weighted by Gasteiger charge is -2.38. The van der Waals surface area contributed by atoms with Crippen LogP contribution in [0.5, 0.6) is 0 Å². The standard InChI is InChI=1S/C16H26N4O/c1-4-17-12-14-7-5-6-10-20(14)13-8-9-18-15(11-13)16(21)19(2)3/h8-9,11,14,17H,4-7,10,12H2,1-3H3. The highest BCUT2D eigenvalue weighted by Gasteiger charge is 2.23. The van der Waals surface area contributed by atoms with Gasteiger partial charge in [-0.1, -0.05) is 6.92 Å². The average molecular weight is 290 g/mol. The molecule has 1 aromatic rings. The van der Waals surface area contributed by atoms with Gasteiger partial charge in [-0.15, -0.1) is 0 Å². The molecule has 2 heterocycles. The summed E-state index contributed by atoms with van der Waals surface area (Å²) in [6, 6.07) is 4.44. The molecule has 21 heavy (non-hydrogen) atoms. The monoisotopic (exact) mass is 290 g/mol. The summed E-state index contributed by atoms with van der Waals surface area (Å²) < 4.78 is 0. The fourth-order valence-corrected chi connectivity index (χ4v) is 2.81. The first kappa shape index (κ1) is 15.8. The van der Waals surface area contributed by atoms with Crippen molar-refractivity contribution in [1.82, 2.24) is 15.2 Å². The average Bonchev–Trinajstić information content (AvgIpc) is 2.52. The van der Waals surface area contributed by atoms with Gasteiger partial charge in [-0.2, -0.15) is 0 Å². The predicted molar refractivity (Wildman–Crippen MR) is 85.8 cm³/mol. The van der Waals surface area contributed by atoms with Gasteiger partial charge >= 0.3 is 0 Å². The molecule has 2 rings (SSSR count).